The molecule has 1 fully saturated rings. The number of nitrogens with one attached hydrogen (secondary N) is 1. The van der Waals surface area contributed by atoms with Crippen LogP contribution in [0.5, 0.6) is 5.75 Å². The first-order valence-electron chi connectivity index (χ1n) is 13.2. The molecular formula is C28H39N3O5S. The van der Waals surface area contributed by atoms with Gasteiger partial charge in [-0.3, -0.25) is 4.79 Å². The van der Waals surface area contributed by atoms with E-state index in [-0.39, 0.29) is 16.8 Å². The number of nitrogens with zero attached hydrogens (tertiary/aromatic N) is 2. The summed E-state index contributed by atoms with van der Waals surface area (Å²) >= 11 is 0. The lowest BCUT2D eigenvalue weighted by Gasteiger charge is -2.42. The van der Waals surface area contributed by atoms with Crippen LogP contribution in [0.1, 0.15) is 68.6 Å². The van der Waals surface area contributed by atoms with Crippen molar-refractivity contribution in [1.82, 2.24) is 14.5 Å². The molecule has 202 valence electrons. The van der Waals surface area contributed by atoms with Crippen LogP contribution in [0.15, 0.2) is 47.4 Å². The monoisotopic (exact) mass is 529 g/mol. The highest BCUT2D eigenvalue weighted by Gasteiger charge is 2.45. The summed E-state index contributed by atoms with van der Waals surface area (Å²) in [6, 6.07) is 10.9. The second-order valence-corrected chi connectivity index (χ2v) is 12.1. The van der Waals surface area contributed by atoms with Crippen molar-refractivity contribution < 1.29 is 23.1 Å². The number of aliphatic hydroxyl groups is 1. The normalized spacial score (nSPS) is 23.4. The van der Waals surface area contributed by atoms with Gasteiger partial charge in [-0.05, 0) is 76.1 Å². The van der Waals surface area contributed by atoms with Gasteiger partial charge in [-0.25, -0.2) is 13.1 Å². The number of rotatable bonds is 8. The Morgan fingerprint density at radius 3 is 2.46 bits per heavy atom. The van der Waals surface area contributed by atoms with E-state index < -0.39 is 27.8 Å². The van der Waals surface area contributed by atoms with Gasteiger partial charge in [0.05, 0.1) is 10.9 Å². The van der Waals surface area contributed by atoms with Crippen LogP contribution in [0, 0.1) is 0 Å². The molecule has 8 nitrogen and oxygen atoms in total. The van der Waals surface area contributed by atoms with Crippen LogP contribution < -0.4 is 9.46 Å². The zero-order chi connectivity index (χ0) is 27.0. The standard InChI is InChI=1S/C28H39N3O5S/c1-6-19-9-12-22(13-10-19)37(34,35)29-25-23-17-20(11-14-24(23)36-28(4,5)26(25)32)27(33)31(8-3)21-15-16-30(7-2)18-21/h9-14,17,21,25-26,29,32H,6-8,15-16,18H2,1-5H3/t21?,25-,26+/m1/s1. The fraction of sp³-hybridized carbons (Fsp3) is 0.536. The third-order valence-electron chi connectivity index (χ3n) is 7.65. The number of ether oxygens (including phenoxy) is 1. The highest BCUT2D eigenvalue weighted by molar-refractivity contribution is 7.89. The molecule has 1 unspecified atom stereocenters. The lowest BCUT2D eigenvalue weighted by atomic mass is 9.86. The maximum absolute atomic E-state index is 13.6. The molecule has 0 saturated carbocycles. The van der Waals surface area contributed by atoms with Gasteiger partial charge in [0.2, 0.25) is 10.0 Å². The summed E-state index contributed by atoms with van der Waals surface area (Å²) in [5.74, 6) is 0.339. The molecule has 0 aromatic heterocycles. The van der Waals surface area contributed by atoms with Crippen molar-refractivity contribution in [2.45, 2.75) is 76.1 Å². The van der Waals surface area contributed by atoms with Gasteiger partial charge in [-0.1, -0.05) is 26.0 Å². The minimum absolute atomic E-state index is 0.107. The average Bonchev–Trinajstić information content (AvgIpc) is 3.35. The third-order valence-corrected chi connectivity index (χ3v) is 9.11. The molecule has 0 spiro atoms. The van der Waals surface area contributed by atoms with Crippen LogP contribution in [0.4, 0.5) is 0 Å². The third kappa shape index (κ3) is 5.55. The van der Waals surface area contributed by atoms with E-state index in [1.807, 2.05) is 18.7 Å². The van der Waals surface area contributed by atoms with Gasteiger partial charge in [-0.2, -0.15) is 0 Å². The Labute approximate surface area is 220 Å². The molecule has 2 aromatic rings. The van der Waals surface area contributed by atoms with Crippen molar-refractivity contribution in [3.8, 4) is 5.75 Å². The molecule has 4 rings (SSSR count). The molecule has 1 amide bonds. The van der Waals surface area contributed by atoms with Gasteiger partial charge in [-0.15, -0.1) is 0 Å². The summed E-state index contributed by atoms with van der Waals surface area (Å²) in [6.45, 7) is 12.9. The first kappa shape index (κ1) is 27.6. The van der Waals surface area contributed by atoms with E-state index in [9.17, 15) is 18.3 Å². The number of benzene rings is 2. The molecule has 9 heteroatoms. The number of hydrogen-bond acceptors (Lipinski definition) is 6. The largest absolute Gasteiger partial charge is 0.485 e. The average molecular weight is 530 g/mol. The van der Waals surface area contributed by atoms with E-state index in [1.54, 1.807) is 56.3 Å². The van der Waals surface area contributed by atoms with Gasteiger partial charge in [0.1, 0.15) is 17.5 Å². The summed E-state index contributed by atoms with van der Waals surface area (Å²) < 4.78 is 35.4. The Kier molecular flexibility index (Phi) is 7.99. The highest BCUT2D eigenvalue weighted by atomic mass is 32.2. The number of likely N-dealkylation sites (N-methyl/N-ethyl adjacent to an activating group) is 2. The van der Waals surface area contributed by atoms with Crippen molar-refractivity contribution in [3.63, 3.8) is 0 Å². The van der Waals surface area contributed by atoms with Crippen molar-refractivity contribution >= 4 is 15.9 Å². The van der Waals surface area contributed by atoms with Crippen LogP contribution >= 0.6 is 0 Å². The number of aliphatic hydroxyl groups excluding tert-OH is 1. The molecule has 1 saturated heterocycles. The Balaban J connectivity index is 1.67. The lowest BCUT2D eigenvalue weighted by Crippen LogP contribution is -2.53. The van der Waals surface area contributed by atoms with Crippen LogP contribution in [0.2, 0.25) is 0 Å². The fourth-order valence-corrected chi connectivity index (χ4v) is 6.51. The number of sulfonamides is 1. The number of hydrogen-bond donors (Lipinski definition) is 2. The highest BCUT2D eigenvalue weighted by Crippen LogP contribution is 2.41. The number of aryl methyl sites for hydroxylation is 1. The van der Waals surface area contributed by atoms with Gasteiger partial charge in [0, 0.05) is 36.8 Å². The van der Waals surface area contributed by atoms with Gasteiger partial charge in [0.25, 0.3) is 5.91 Å². The van der Waals surface area contributed by atoms with Gasteiger partial charge >= 0.3 is 0 Å². The van der Waals surface area contributed by atoms with Crippen molar-refractivity contribution in [2.24, 2.45) is 0 Å². The lowest BCUT2D eigenvalue weighted by molar-refractivity contribution is -0.0603. The molecule has 0 aliphatic carbocycles. The predicted molar refractivity (Wildman–Crippen MR) is 143 cm³/mol. The maximum atomic E-state index is 13.6. The zero-order valence-electron chi connectivity index (χ0n) is 22.4. The molecule has 37 heavy (non-hydrogen) atoms. The smallest absolute Gasteiger partial charge is 0.254 e. The molecule has 2 aliphatic rings. The minimum Gasteiger partial charge on any atom is -0.485 e. The van der Waals surface area contributed by atoms with Crippen LogP contribution in [0.3, 0.4) is 0 Å². The van der Waals surface area contributed by atoms with Crippen molar-refractivity contribution in [1.29, 1.82) is 0 Å². The fourth-order valence-electron chi connectivity index (χ4n) is 5.29. The molecule has 3 atom stereocenters. The molecule has 2 N–H and O–H groups in total. The SMILES string of the molecule is CCc1ccc(S(=O)(=O)N[C@@H]2c3cc(C(=O)N(CC)C4CCN(CC)C4)ccc3OC(C)(C)[C@H]2O)cc1. The Morgan fingerprint density at radius 1 is 1.16 bits per heavy atom. The topological polar surface area (TPSA) is 99.2 Å². The summed E-state index contributed by atoms with van der Waals surface area (Å²) in [7, 11) is -3.95. The quantitative estimate of drug-likeness (QED) is 0.544. The van der Waals surface area contributed by atoms with E-state index >= 15 is 0 Å². The molecule has 0 bridgehead atoms. The van der Waals surface area contributed by atoms with E-state index in [1.165, 1.54) is 0 Å². The van der Waals surface area contributed by atoms with E-state index in [4.69, 9.17) is 4.74 Å². The number of amides is 1. The Bertz CT molecular complexity index is 1230. The zero-order valence-corrected chi connectivity index (χ0v) is 23.2. The molecule has 2 aliphatic heterocycles. The van der Waals surface area contributed by atoms with E-state index in [0.29, 0.717) is 23.4 Å². The minimum atomic E-state index is -3.95. The predicted octanol–water partition coefficient (Wildman–Crippen LogP) is 3.36. The summed E-state index contributed by atoms with van der Waals surface area (Å²) in [5, 5.41) is 11.2. The molecular weight excluding hydrogens is 490 g/mol. The first-order valence-corrected chi connectivity index (χ1v) is 14.6. The van der Waals surface area contributed by atoms with Crippen molar-refractivity contribution in [2.75, 3.05) is 26.2 Å². The second kappa shape index (κ2) is 10.7. The molecule has 0 radical (unpaired) electrons. The van der Waals surface area contributed by atoms with Crippen LogP contribution in [0.25, 0.3) is 0 Å². The summed E-state index contributed by atoms with van der Waals surface area (Å²) in [4.78, 5) is 17.9. The van der Waals surface area contributed by atoms with E-state index in [2.05, 4.69) is 16.5 Å². The second-order valence-electron chi connectivity index (χ2n) is 10.4. The number of carbonyl (C=O) groups is 1. The van der Waals surface area contributed by atoms with Crippen molar-refractivity contribution in [3.05, 3.63) is 59.2 Å². The maximum Gasteiger partial charge on any atom is 0.254 e. The molecule has 2 heterocycles. The van der Waals surface area contributed by atoms with Crippen LogP contribution in [-0.2, 0) is 16.4 Å². The summed E-state index contributed by atoms with van der Waals surface area (Å²) in [6.07, 6.45) is 0.551. The summed E-state index contributed by atoms with van der Waals surface area (Å²) in [5.41, 5.74) is 0.886. The van der Waals surface area contributed by atoms with E-state index in [0.717, 1.165) is 38.0 Å². The number of likely N-dealkylation sites (tertiary alicyclic amines) is 1. The molecule has 2 aromatic carbocycles. The van der Waals surface area contributed by atoms with Gasteiger partial charge in [0.15, 0.2) is 0 Å². The number of fused-ring (bicyclic) bond motifs is 1. The van der Waals surface area contributed by atoms with Gasteiger partial charge < -0.3 is 19.6 Å². The Hall–Kier alpha value is -2.46. The number of carbonyl (C=O) groups excluding carboxylic acids is 1. The first-order chi connectivity index (χ1) is 17.5. The van der Waals surface area contributed by atoms with Crippen LogP contribution in [-0.4, -0.2) is 73.2 Å². The Morgan fingerprint density at radius 2 is 1.86 bits per heavy atom.